The SMILES string of the molecule is Cc1c(CN2CCC(Nc3ncnc4sc(CC(F)(F)F)cc34)CC2)ccc2c1cc(C#N)n2CC(C)N1CCN([S+]([O-])N2CCC2)CC1. The summed E-state index contributed by atoms with van der Waals surface area (Å²) in [7, 11) is 0. The average molecular weight is 714 g/mol. The van der Waals surface area contributed by atoms with Crippen molar-refractivity contribution < 1.29 is 17.7 Å². The summed E-state index contributed by atoms with van der Waals surface area (Å²) in [6.07, 6.45) is -0.893. The summed E-state index contributed by atoms with van der Waals surface area (Å²) in [5, 5.41) is 15.3. The maximum Gasteiger partial charge on any atom is 0.393 e. The molecule has 10 nitrogen and oxygen atoms in total. The first-order valence-electron chi connectivity index (χ1n) is 17.0. The Morgan fingerprint density at radius 3 is 2.45 bits per heavy atom. The second kappa shape index (κ2) is 14.3. The molecule has 3 fully saturated rings. The Labute approximate surface area is 291 Å². The molecule has 3 aromatic heterocycles. The van der Waals surface area contributed by atoms with Crippen LogP contribution in [0.3, 0.4) is 0 Å². The van der Waals surface area contributed by atoms with Crippen LogP contribution in [0, 0.1) is 18.3 Å². The highest BCUT2D eigenvalue weighted by atomic mass is 32.2. The van der Waals surface area contributed by atoms with Gasteiger partial charge in [-0.3, -0.25) is 9.80 Å². The van der Waals surface area contributed by atoms with Crippen LogP contribution in [0.15, 0.2) is 30.6 Å². The van der Waals surface area contributed by atoms with E-state index in [1.165, 1.54) is 17.5 Å². The highest BCUT2D eigenvalue weighted by Gasteiger charge is 2.36. The first-order valence-corrected chi connectivity index (χ1v) is 18.9. The van der Waals surface area contributed by atoms with Gasteiger partial charge >= 0.3 is 6.18 Å². The molecule has 4 aromatic rings. The number of nitrogens with zero attached hydrogens (tertiary/aromatic N) is 8. The van der Waals surface area contributed by atoms with Crippen LogP contribution >= 0.6 is 11.3 Å². The predicted octanol–water partition coefficient (Wildman–Crippen LogP) is 5.30. The van der Waals surface area contributed by atoms with Gasteiger partial charge in [0.2, 0.25) is 0 Å². The van der Waals surface area contributed by atoms with Gasteiger partial charge in [0.25, 0.3) is 0 Å². The van der Waals surface area contributed by atoms with Crippen molar-refractivity contribution in [3.05, 3.63) is 52.3 Å². The van der Waals surface area contributed by atoms with Gasteiger partial charge in [0.15, 0.2) is 0 Å². The molecule has 0 radical (unpaired) electrons. The van der Waals surface area contributed by atoms with E-state index in [2.05, 4.69) is 66.0 Å². The fraction of sp³-hybridized carbons (Fsp3) is 0.559. The molecule has 0 aliphatic carbocycles. The van der Waals surface area contributed by atoms with Crippen molar-refractivity contribution in [3.8, 4) is 6.07 Å². The van der Waals surface area contributed by atoms with Crippen molar-refractivity contribution in [1.82, 2.24) is 32.9 Å². The summed E-state index contributed by atoms with van der Waals surface area (Å²) in [5.74, 6) is 0.599. The Morgan fingerprint density at radius 1 is 1.04 bits per heavy atom. The van der Waals surface area contributed by atoms with Crippen LogP contribution in [-0.4, -0.2) is 108 Å². The largest absolute Gasteiger partial charge is 0.578 e. The molecular weight excluding hydrogens is 672 g/mol. The number of nitrogens with one attached hydrogen (secondary N) is 1. The van der Waals surface area contributed by atoms with Crippen LogP contribution in [-0.2, 0) is 31.1 Å². The molecule has 0 saturated carbocycles. The number of likely N-dealkylation sites (tertiary alicyclic amines) is 1. The highest BCUT2D eigenvalue weighted by molar-refractivity contribution is 7.86. The third-order valence-corrected chi connectivity index (χ3v) is 12.9. The summed E-state index contributed by atoms with van der Waals surface area (Å²) in [4.78, 5) is 14.2. The van der Waals surface area contributed by atoms with E-state index in [4.69, 9.17) is 0 Å². The fourth-order valence-electron chi connectivity index (χ4n) is 7.24. The van der Waals surface area contributed by atoms with E-state index < -0.39 is 24.1 Å². The lowest BCUT2D eigenvalue weighted by Gasteiger charge is -2.41. The Kier molecular flexibility index (Phi) is 10.1. The summed E-state index contributed by atoms with van der Waals surface area (Å²) in [5.41, 5.74) is 4.18. The van der Waals surface area contributed by atoms with E-state index in [0.29, 0.717) is 28.3 Å². The molecule has 49 heavy (non-hydrogen) atoms. The number of piperidine rings is 1. The number of fused-ring (bicyclic) bond motifs is 2. The van der Waals surface area contributed by atoms with Crippen LogP contribution in [0.25, 0.3) is 21.1 Å². The van der Waals surface area contributed by atoms with Crippen LogP contribution < -0.4 is 5.32 Å². The molecule has 1 aromatic carbocycles. The molecule has 0 bridgehead atoms. The molecule has 6 heterocycles. The smallest absolute Gasteiger partial charge is 0.393 e. The van der Waals surface area contributed by atoms with E-state index in [9.17, 15) is 23.0 Å². The third kappa shape index (κ3) is 7.56. The monoisotopic (exact) mass is 713 g/mol. The molecule has 262 valence electrons. The lowest BCUT2D eigenvalue weighted by atomic mass is 10.0. The average Bonchev–Trinajstić information content (AvgIpc) is 3.63. The standard InChI is InChI=1S/C34H42F3N9OS2/c1-23(43-12-14-45(15-13-43)49(47)44-8-3-9-44)20-46-27(19-38)16-29-24(2)25(4-5-31(29)46)21-42-10-6-26(7-11-42)41-32-30-17-28(18-34(35,36)37)48-33(30)40-22-39-32/h4-5,16-17,22-23,26H,3,6-15,18,20-21H2,1-2H3,(H,39,40,41). The second-order valence-electron chi connectivity index (χ2n) is 13.5. The molecular formula is C34H42F3N9OS2. The highest BCUT2D eigenvalue weighted by Crippen LogP contribution is 2.34. The first kappa shape index (κ1) is 34.5. The van der Waals surface area contributed by atoms with Crippen molar-refractivity contribution in [2.45, 2.75) is 70.9 Å². The maximum absolute atomic E-state index is 13.0. The number of rotatable bonds is 10. The van der Waals surface area contributed by atoms with Crippen LogP contribution in [0.2, 0.25) is 0 Å². The van der Waals surface area contributed by atoms with E-state index in [1.54, 1.807) is 6.07 Å². The van der Waals surface area contributed by atoms with Gasteiger partial charge in [-0.2, -0.15) is 18.4 Å². The number of anilines is 1. The minimum atomic E-state index is -4.26. The molecule has 3 aliphatic heterocycles. The van der Waals surface area contributed by atoms with Gasteiger partial charge in [-0.1, -0.05) is 6.07 Å². The molecule has 1 N–H and O–H groups in total. The van der Waals surface area contributed by atoms with Crippen LogP contribution in [0.5, 0.6) is 0 Å². The van der Waals surface area contributed by atoms with E-state index in [0.717, 1.165) is 100 Å². The number of aromatic nitrogens is 3. The van der Waals surface area contributed by atoms with Gasteiger partial charge in [-0.15, -0.1) is 19.9 Å². The lowest BCUT2D eigenvalue weighted by Crippen LogP contribution is -2.57. The van der Waals surface area contributed by atoms with Gasteiger partial charge in [0.05, 0.1) is 24.9 Å². The van der Waals surface area contributed by atoms with Crippen molar-refractivity contribution >= 4 is 49.8 Å². The van der Waals surface area contributed by atoms with Gasteiger partial charge in [0, 0.05) is 80.2 Å². The topological polar surface area (TPSA) is 103 Å². The third-order valence-electron chi connectivity index (χ3n) is 10.3. The summed E-state index contributed by atoms with van der Waals surface area (Å²) in [6.45, 7) is 12.8. The zero-order valence-corrected chi connectivity index (χ0v) is 29.5. The molecule has 15 heteroatoms. The second-order valence-corrected chi connectivity index (χ2v) is 16.1. The maximum atomic E-state index is 13.0. The van der Waals surface area contributed by atoms with Crippen molar-refractivity contribution in [2.24, 2.45) is 0 Å². The lowest BCUT2D eigenvalue weighted by molar-refractivity contribution is -0.126. The Morgan fingerprint density at radius 2 is 1.78 bits per heavy atom. The van der Waals surface area contributed by atoms with Crippen LogP contribution in [0.4, 0.5) is 19.0 Å². The van der Waals surface area contributed by atoms with Crippen LogP contribution in [0.1, 0.15) is 47.9 Å². The van der Waals surface area contributed by atoms with Crippen molar-refractivity contribution in [1.29, 1.82) is 5.26 Å². The molecule has 7 rings (SSSR count). The van der Waals surface area contributed by atoms with E-state index in [1.807, 2.05) is 10.4 Å². The number of aryl methyl sites for hydroxylation is 1. The zero-order valence-electron chi connectivity index (χ0n) is 27.9. The number of hydrogen-bond donors (Lipinski definition) is 1. The fourth-order valence-corrected chi connectivity index (χ4v) is 9.64. The number of thiophene rings is 1. The Balaban J connectivity index is 0.960. The Hall–Kier alpha value is -2.97. The normalized spacial score (nSPS) is 20.4. The van der Waals surface area contributed by atoms with Gasteiger partial charge in [0.1, 0.15) is 40.3 Å². The number of piperazine rings is 1. The molecule has 0 amide bonds. The van der Waals surface area contributed by atoms with Gasteiger partial charge in [-0.25, -0.2) is 9.97 Å². The predicted molar refractivity (Wildman–Crippen MR) is 187 cm³/mol. The minimum absolute atomic E-state index is 0.170. The first-order chi connectivity index (χ1) is 23.6. The summed E-state index contributed by atoms with van der Waals surface area (Å²) < 4.78 is 57.9. The quantitative estimate of drug-likeness (QED) is 0.220. The Bertz CT molecular complexity index is 1820. The number of nitriles is 1. The van der Waals surface area contributed by atoms with Crippen molar-refractivity contribution in [2.75, 3.05) is 57.7 Å². The summed E-state index contributed by atoms with van der Waals surface area (Å²) in [6, 6.07) is 10.8. The molecule has 2 unspecified atom stereocenters. The van der Waals surface area contributed by atoms with Gasteiger partial charge < -0.3 is 14.4 Å². The minimum Gasteiger partial charge on any atom is -0.578 e. The zero-order chi connectivity index (χ0) is 34.3. The number of benzene rings is 1. The summed E-state index contributed by atoms with van der Waals surface area (Å²) >= 11 is 0.0465. The molecule has 2 atom stereocenters. The van der Waals surface area contributed by atoms with E-state index in [-0.39, 0.29) is 17.0 Å². The van der Waals surface area contributed by atoms with E-state index >= 15 is 0 Å². The number of halogens is 3. The number of alkyl halides is 3. The molecule has 3 aliphatic rings. The molecule has 0 spiro atoms. The molecule has 3 saturated heterocycles. The van der Waals surface area contributed by atoms with Crippen molar-refractivity contribution in [3.63, 3.8) is 0 Å². The van der Waals surface area contributed by atoms with Gasteiger partial charge in [-0.05, 0) is 62.4 Å². The number of hydrogen-bond acceptors (Lipinski definition) is 10.